The molecule has 0 saturated heterocycles. The van der Waals surface area contributed by atoms with Gasteiger partial charge in [-0.15, -0.1) is 0 Å². The van der Waals surface area contributed by atoms with Gasteiger partial charge >= 0.3 is 0 Å². The molecule has 0 amide bonds. The minimum absolute atomic E-state index is 0.0112. The van der Waals surface area contributed by atoms with Crippen LogP contribution >= 0.6 is 0 Å². The second kappa shape index (κ2) is 12.4. The number of methoxy groups -OCH3 is 1. The van der Waals surface area contributed by atoms with Gasteiger partial charge in [-0.1, -0.05) is 53.5 Å². The van der Waals surface area contributed by atoms with Crippen LogP contribution in [0.1, 0.15) is 74.1 Å². The number of nitrogens with two attached hydrogens (primary N) is 1. The van der Waals surface area contributed by atoms with Gasteiger partial charge in [-0.2, -0.15) is 0 Å². The summed E-state index contributed by atoms with van der Waals surface area (Å²) < 4.78 is 12.4. The van der Waals surface area contributed by atoms with Crippen molar-refractivity contribution in [1.82, 2.24) is 15.5 Å². The Morgan fingerprint density at radius 3 is 2.66 bits per heavy atom. The number of rotatable bonds is 15. The van der Waals surface area contributed by atoms with E-state index in [1.807, 2.05) is 13.3 Å². The molecule has 0 unspecified atom stereocenters. The molecule has 8 heteroatoms. The van der Waals surface area contributed by atoms with Crippen molar-refractivity contribution in [3.8, 4) is 0 Å². The predicted octanol–water partition coefficient (Wildman–Crippen LogP) is 4.78. The fourth-order valence-corrected chi connectivity index (χ4v) is 8.11. The summed E-state index contributed by atoms with van der Waals surface area (Å²) in [7, 11) is 6.03. The van der Waals surface area contributed by atoms with E-state index in [9.17, 15) is 0 Å². The van der Waals surface area contributed by atoms with E-state index < -0.39 is 5.54 Å². The fraction of sp³-hybridized carbons (Fsp3) is 0.818. The third-order valence-electron chi connectivity index (χ3n) is 11.2. The van der Waals surface area contributed by atoms with E-state index in [0.717, 1.165) is 31.2 Å². The summed E-state index contributed by atoms with van der Waals surface area (Å²) >= 11 is 0. The van der Waals surface area contributed by atoms with Crippen molar-refractivity contribution < 1.29 is 9.47 Å². The van der Waals surface area contributed by atoms with Crippen LogP contribution in [-0.4, -0.2) is 75.8 Å². The lowest BCUT2D eigenvalue weighted by molar-refractivity contribution is 0.0995. The molecule has 0 aromatic heterocycles. The summed E-state index contributed by atoms with van der Waals surface area (Å²) in [5.41, 5.74) is 7.17. The number of nitrogens with zero attached hydrogens (tertiary/aromatic N) is 3. The predicted molar refractivity (Wildman–Crippen MR) is 170 cm³/mol. The monoisotopic (exact) mass is 570 g/mol. The van der Waals surface area contributed by atoms with Crippen molar-refractivity contribution in [3.63, 3.8) is 0 Å². The molecule has 0 aromatic rings. The molecular formula is C33H58N6O2. The first-order valence-corrected chi connectivity index (χ1v) is 16.0. The van der Waals surface area contributed by atoms with Gasteiger partial charge < -0.3 is 25.4 Å². The SMILES string of the molecule is CC[C@H](C)CCCNC1=C[C@@H]1[C@@H](C=NC(N)=NC(C)(C)[C@]1(C)[C@@H](OC)[C@H]1[C@]1(C2=CCNCO2)[C@H](CC)[C@@H]1C)N(C)C. The highest BCUT2D eigenvalue weighted by molar-refractivity contribution is 5.88. The van der Waals surface area contributed by atoms with Crippen LogP contribution in [0.4, 0.5) is 0 Å². The standard InChI is InChI=1S/C33H58N6O2/c1-11-21(3)14-13-16-36-25-18-23(25)26(39(8)9)19-37-30(34)38-31(5,6)32(7)28(29(32)40-10)33(22(4)24(33)12-2)27-15-17-35-20-41-27/h15,18-19,21-24,26,28-29,35-36H,11-14,16-17,20H2,1-10H3,(H2,34,38)/t21-,22-,23-,24+,26+,28+,29-,32-,33-/m0/s1. The first kappa shape index (κ1) is 32.0. The van der Waals surface area contributed by atoms with Gasteiger partial charge in [0.2, 0.25) is 5.96 Å². The first-order valence-electron chi connectivity index (χ1n) is 16.0. The van der Waals surface area contributed by atoms with Gasteiger partial charge in [-0.25, -0.2) is 9.98 Å². The smallest absolute Gasteiger partial charge is 0.215 e. The van der Waals surface area contributed by atoms with E-state index in [4.69, 9.17) is 25.2 Å². The van der Waals surface area contributed by atoms with E-state index in [1.54, 1.807) is 0 Å². The Morgan fingerprint density at radius 2 is 2.10 bits per heavy atom. The van der Waals surface area contributed by atoms with Crippen LogP contribution in [0.3, 0.4) is 0 Å². The summed E-state index contributed by atoms with van der Waals surface area (Å²) in [5, 5.41) is 6.92. The summed E-state index contributed by atoms with van der Waals surface area (Å²) in [4.78, 5) is 12.0. The Balaban J connectivity index is 1.45. The van der Waals surface area contributed by atoms with Crippen molar-refractivity contribution >= 4 is 12.2 Å². The third-order valence-corrected chi connectivity index (χ3v) is 11.2. The van der Waals surface area contributed by atoms with Crippen LogP contribution in [0.2, 0.25) is 0 Å². The zero-order valence-electron chi connectivity index (χ0n) is 27.5. The highest BCUT2D eigenvalue weighted by Gasteiger charge is 2.84. The van der Waals surface area contributed by atoms with Crippen molar-refractivity contribution in [2.45, 2.75) is 91.8 Å². The minimum atomic E-state index is -0.464. The quantitative estimate of drug-likeness (QED) is 0.149. The second-order valence-electron chi connectivity index (χ2n) is 14.0. The second-order valence-corrected chi connectivity index (χ2v) is 14.0. The minimum Gasteiger partial charge on any atom is -0.482 e. The molecule has 9 atom stereocenters. The Kier molecular flexibility index (Phi) is 9.66. The van der Waals surface area contributed by atoms with Gasteiger partial charge in [-0.05, 0) is 64.6 Å². The van der Waals surface area contributed by atoms with E-state index in [0.29, 0.717) is 36.4 Å². The number of ether oxygens (including phenoxy) is 2. The number of hydrogen-bond acceptors (Lipinski definition) is 6. The average molecular weight is 571 g/mol. The molecule has 3 aliphatic carbocycles. The summed E-state index contributed by atoms with van der Waals surface area (Å²) in [6.45, 7) is 18.4. The number of hydrogen-bond donors (Lipinski definition) is 3. The molecule has 0 bridgehead atoms. The maximum atomic E-state index is 6.52. The Bertz CT molecular complexity index is 1050. The first-order chi connectivity index (χ1) is 19.4. The van der Waals surface area contributed by atoms with Gasteiger partial charge in [0.25, 0.3) is 0 Å². The zero-order chi connectivity index (χ0) is 30.2. The molecule has 2 fully saturated rings. The highest BCUT2D eigenvalue weighted by atomic mass is 16.5. The molecule has 8 nitrogen and oxygen atoms in total. The molecule has 2 saturated carbocycles. The van der Waals surface area contributed by atoms with Gasteiger partial charge in [0.1, 0.15) is 12.5 Å². The Hall–Kier alpha value is -1.90. The molecule has 1 heterocycles. The maximum Gasteiger partial charge on any atom is 0.215 e. The van der Waals surface area contributed by atoms with Crippen LogP contribution < -0.4 is 16.4 Å². The van der Waals surface area contributed by atoms with Crippen molar-refractivity contribution in [2.24, 2.45) is 56.1 Å². The molecule has 232 valence electrons. The summed E-state index contributed by atoms with van der Waals surface area (Å²) in [5.74, 6) is 4.04. The van der Waals surface area contributed by atoms with Crippen molar-refractivity contribution in [1.29, 1.82) is 0 Å². The largest absolute Gasteiger partial charge is 0.482 e. The molecule has 41 heavy (non-hydrogen) atoms. The molecule has 4 rings (SSSR count). The van der Waals surface area contributed by atoms with Crippen LogP contribution in [0.25, 0.3) is 0 Å². The lowest BCUT2D eigenvalue weighted by Gasteiger charge is -2.33. The average Bonchev–Trinajstić information content (AvgIpc) is 3.88. The van der Waals surface area contributed by atoms with Crippen LogP contribution in [0, 0.1) is 40.4 Å². The molecule has 0 radical (unpaired) electrons. The van der Waals surface area contributed by atoms with Gasteiger partial charge in [-0.3, -0.25) is 5.32 Å². The van der Waals surface area contributed by atoms with E-state index in [2.05, 4.69) is 90.2 Å². The molecule has 0 spiro atoms. The molecule has 4 aliphatic rings. The zero-order valence-corrected chi connectivity index (χ0v) is 27.5. The number of allylic oxidation sites excluding steroid dienone is 1. The molecular weight excluding hydrogens is 512 g/mol. The lowest BCUT2D eigenvalue weighted by atomic mass is 9.78. The normalized spacial score (nSPS) is 36.5. The fourth-order valence-electron chi connectivity index (χ4n) is 8.11. The number of aliphatic imine (C=N–C) groups is 2. The Labute approximate surface area is 249 Å². The van der Waals surface area contributed by atoms with E-state index >= 15 is 0 Å². The lowest BCUT2D eigenvalue weighted by Crippen LogP contribution is -2.37. The summed E-state index contributed by atoms with van der Waals surface area (Å²) in [6.07, 6.45) is 11.4. The van der Waals surface area contributed by atoms with Gasteiger partial charge in [0, 0.05) is 54.8 Å². The maximum absolute atomic E-state index is 6.52. The molecule has 1 aliphatic heterocycles. The van der Waals surface area contributed by atoms with Crippen molar-refractivity contribution in [2.75, 3.05) is 41.0 Å². The van der Waals surface area contributed by atoms with E-state index in [-0.39, 0.29) is 23.0 Å². The van der Waals surface area contributed by atoms with Crippen LogP contribution in [0.5, 0.6) is 0 Å². The van der Waals surface area contributed by atoms with E-state index in [1.165, 1.54) is 25.0 Å². The van der Waals surface area contributed by atoms with Crippen LogP contribution in [0.15, 0.2) is 33.6 Å². The van der Waals surface area contributed by atoms with Gasteiger partial charge in [0.05, 0.1) is 17.7 Å². The molecule has 4 N–H and O–H groups in total. The Morgan fingerprint density at radius 1 is 1.37 bits per heavy atom. The van der Waals surface area contributed by atoms with Crippen molar-refractivity contribution in [3.05, 3.63) is 23.6 Å². The molecule has 0 aromatic carbocycles. The highest BCUT2D eigenvalue weighted by Crippen LogP contribution is 2.81. The summed E-state index contributed by atoms with van der Waals surface area (Å²) in [6, 6.07) is 0.143. The van der Waals surface area contributed by atoms with Crippen LogP contribution in [-0.2, 0) is 9.47 Å². The third kappa shape index (κ3) is 5.85. The van der Waals surface area contributed by atoms with Gasteiger partial charge in [0.15, 0.2) is 0 Å². The number of guanidine groups is 1. The topological polar surface area (TPSA) is 96.5 Å². The number of nitrogens with one attached hydrogen (secondary N) is 2.